The molecule has 0 spiro atoms. The zero-order chi connectivity index (χ0) is 28.8. The van der Waals surface area contributed by atoms with E-state index in [1.54, 1.807) is 17.5 Å². The number of allylic oxidation sites excluding steroid dienone is 2. The van der Waals surface area contributed by atoms with Crippen LogP contribution in [0.15, 0.2) is 78.2 Å². The van der Waals surface area contributed by atoms with Crippen molar-refractivity contribution in [1.29, 1.82) is 0 Å². The Labute approximate surface area is 236 Å². The minimum absolute atomic E-state index is 0.0296. The molecule has 11 nitrogen and oxygen atoms in total. The number of nitrogens with zero attached hydrogens (tertiary/aromatic N) is 3. The smallest absolute Gasteiger partial charge is 0.353 e. The second-order valence-corrected chi connectivity index (χ2v) is 10.9. The topological polar surface area (TPSA) is 144 Å². The maximum Gasteiger partial charge on any atom is 0.353 e. The van der Waals surface area contributed by atoms with Gasteiger partial charge in [-0.3, -0.25) is 29.3 Å². The first-order chi connectivity index (χ1) is 19.7. The van der Waals surface area contributed by atoms with Crippen LogP contribution in [-0.4, -0.2) is 51.0 Å². The fourth-order valence-electron chi connectivity index (χ4n) is 5.72. The first-order valence-corrected chi connectivity index (χ1v) is 13.6. The van der Waals surface area contributed by atoms with Gasteiger partial charge in [-0.25, -0.2) is 9.80 Å². The fraction of sp³-hybridized carbons (Fsp3) is 0.207. The van der Waals surface area contributed by atoms with Gasteiger partial charge in [0.15, 0.2) is 5.78 Å². The molecule has 2 heterocycles. The maximum atomic E-state index is 13.6. The van der Waals surface area contributed by atoms with Crippen LogP contribution in [0.2, 0.25) is 0 Å². The van der Waals surface area contributed by atoms with Gasteiger partial charge in [-0.1, -0.05) is 18.2 Å². The number of fused-ring (bicyclic) bond motifs is 5. The summed E-state index contributed by atoms with van der Waals surface area (Å²) < 4.78 is 5.32. The van der Waals surface area contributed by atoms with Crippen molar-refractivity contribution in [3.05, 3.63) is 104 Å². The SMILES string of the molecule is O=C(CN(C(=O)c1ccc([N+](=O)[O-])cc1)N1C(=O)[C@H]2[C@H](C1=O)[C@H]1C=C[C@H]2C1)c1ccc(OC(=O)c2cccs2)cc1. The Morgan fingerprint density at radius 3 is 2.10 bits per heavy atom. The predicted molar refractivity (Wildman–Crippen MR) is 144 cm³/mol. The van der Waals surface area contributed by atoms with Gasteiger partial charge in [0, 0.05) is 23.3 Å². The van der Waals surface area contributed by atoms with Crippen molar-refractivity contribution in [2.45, 2.75) is 6.42 Å². The molecule has 3 aromatic rings. The summed E-state index contributed by atoms with van der Waals surface area (Å²) in [6.07, 6.45) is 4.53. The Bertz CT molecular complexity index is 1580. The van der Waals surface area contributed by atoms with E-state index in [2.05, 4.69) is 0 Å². The van der Waals surface area contributed by atoms with Crippen LogP contribution in [0.5, 0.6) is 5.75 Å². The van der Waals surface area contributed by atoms with Gasteiger partial charge in [0.1, 0.15) is 17.2 Å². The van der Waals surface area contributed by atoms with Gasteiger partial charge in [0.25, 0.3) is 23.4 Å². The number of Topliss-reactive ketones (excluding diaryl/α,β-unsaturated/α-hetero) is 1. The Balaban J connectivity index is 1.26. The zero-order valence-corrected chi connectivity index (χ0v) is 22.1. The number of esters is 1. The number of hydrogen-bond donors (Lipinski definition) is 0. The van der Waals surface area contributed by atoms with E-state index in [0.29, 0.717) is 11.3 Å². The van der Waals surface area contributed by atoms with Crippen molar-refractivity contribution >= 4 is 46.5 Å². The highest BCUT2D eigenvalue weighted by Crippen LogP contribution is 2.52. The Kier molecular flexibility index (Phi) is 6.54. The average Bonchev–Trinajstić information content (AvgIpc) is 3.78. The van der Waals surface area contributed by atoms with E-state index in [4.69, 9.17) is 4.74 Å². The summed E-state index contributed by atoms with van der Waals surface area (Å²) in [6, 6.07) is 13.7. The molecular formula is C29H21N3O8S. The summed E-state index contributed by atoms with van der Waals surface area (Å²) in [5.74, 6) is -4.24. The summed E-state index contributed by atoms with van der Waals surface area (Å²) >= 11 is 1.23. The molecule has 206 valence electrons. The monoisotopic (exact) mass is 571 g/mol. The molecule has 3 amide bonds. The van der Waals surface area contributed by atoms with E-state index in [1.165, 1.54) is 47.7 Å². The van der Waals surface area contributed by atoms with Crippen LogP contribution >= 0.6 is 11.3 Å². The lowest BCUT2D eigenvalue weighted by Crippen LogP contribution is -2.52. The van der Waals surface area contributed by atoms with Gasteiger partial charge >= 0.3 is 5.97 Å². The molecule has 2 fully saturated rings. The predicted octanol–water partition coefficient (Wildman–Crippen LogP) is 3.92. The molecule has 1 aliphatic heterocycles. The number of rotatable bonds is 8. The van der Waals surface area contributed by atoms with Crippen molar-refractivity contribution in [2.24, 2.45) is 23.7 Å². The minimum Gasteiger partial charge on any atom is -0.422 e. The molecule has 0 unspecified atom stereocenters. The van der Waals surface area contributed by atoms with Crippen LogP contribution in [0, 0.1) is 33.8 Å². The molecule has 2 bridgehead atoms. The summed E-state index contributed by atoms with van der Waals surface area (Å²) in [7, 11) is 0. The van der Waals surface area contributed by atoms with Crippen molar-refractivity contribution in [3.8, 4) is 5.75 Å². The summed E-state index contributed by atoms with van der Waals surface area (Å²) in [5, 5.41) is 14.4. The number of non-ortho nitro benzene ring substituents is 1. The highest BCUT2D eigenvalue weighted by atomic mass is 32.1. The average molecular weight is 572 g/mol. The van der Waals surface area contributed by atoms with E-state index in [1.807, 2.05) is 12.2 Å². The third-order valence-electron chi connectivity index (χ3n) is 7.65. The third kappa shape index (κ3) is 4.61. The lowest BCUT2D eigenvalue weighted by atomic mass is 9.85. The molecule has 41 heavy (non-hydrogen) atoms. The number of nitro benzene ring substituents is 1. The van der Waals surface area contributed by atoms with Crippen molar-refractivity contribution < 1.29 is 33.6 Å². The van der Waals surface area contributed by atoms with E-state index >= 15 is 0 Å². The lowest BCUT2D eigenvalue weighted by Gasteiger charge is -2.30. The number of benzene rings is 2. The first-order valence-electron chi connectivity index (χ1n) is 12.7. The molecule has 1 aromatic heterocycles. The van der Waals surface area contributed by atoms with Crippen LogP contribution in [0.3, 0.4) is 0 Å². The molecular weight excluding hydrogens is 550 g/mol. The van der Waals surface area contributed by atoms with Crippen LogP contribution in [0.25, 0.3) is 0 Å². The molecule has 2 aromatic carbocycles. The molecule has 0 radical (unpaired) electrons. The van der Waals surface area contributed by atoms with E-state index < -0.39 is 52.8 Å². The Morgan fingerprint density at radius 2 is 1.54 bits per heavy atom. The number of thiophene rings is 1. The van der Waals surface area contributed by atoms with Gasteiger partial charge in [0.2, 0.25) is 0 Å². The van der Waals surface area contributed by atoms with Crippen LogP contribution < -0.4 is 4.74 Å². The summed E-state index contributed by atoms with van der Waals surface area (Å²) in [4.78, 5) is 77.1. The number of carbonyl (C=O) groups excluding carboxylic acids is 5. The van der Waals surface area contributed by atoms with Gasteiger partial charge in [-0.2, -0.15) is 5.01 Å². The van der Waals surface area contributed by atoms with Crippen molar-refractivity contribution in [2.75, 3.05) is 6.54 Å². The normalized spacial score (nSPS) is 22.1. The maximum absolute atomic E-state index is 13.6. The highest BCUT2D eigenvalue weighted by Gasteiger charge is 2.61. The van der Waals surface area contributed by atoms with E-state index in [9.17, 15) is 34.1 Å². The number of imide groups is 1. The highest BCUT2D eigenvalue weighted by molar-refractivity contribution is 7.12. The van der Waals surface area contributed by atoms with Gasteiger partial charge in [0.05, 0.1) is 16.8 Å². The molecule has 6 rings (SSSR count). The molecule has 12 heteroatoms. The third-order valence-corrected chi connectivity index (χ3v) is 8.50. The standard InChI is InChI=1S/C29H21N3O8S/c33-22(16-7-11-21(12-8-16)40-29(37)23-2-1-13-41-23)15-30(26(34)17-5-9-20(10-6-17)32(38)39)31-27(35)24-18-3-4-19(14-18)25(24)28(31)36/h1-13,18-19,24-25H,14-15H2/t18-,19-,24+,25+/m0/s1. The zero-order valence-electron chi connectivity index (χ0n) is 21.2. The van der Waals surface area contributed by atoms with Crippen LogP contribution in [0.1, 0.15) is 36.8 Å². The first kappa shape index (κ1) is 26.3. The largest absolute Gasteiger partial charge is 0.422 e. The number of nitro groups is 1. The van der Waals surface area contributed by atoms with E-state index in [0.717, 1.165) is 22.2 Å². The molecule has 3 aliphatic rings. The number of hydrazine groups is 1. The quantitative estimate of drug-likeness (QED) is 0.0753. The summed E-state index contributed by atoms with van der Waals surface area (Å²) in [6.45, 7) is -0.635. The number of hydrogen-bond acceptors (Lipinski definition) is 9. The molecule has 4 atom stereocenters. The van der Waals surface area contributed by atoms with Crippen LogP contribution in [-0.2, 0) is 9.59 Å². The summed E-state index contributed by atoms with van der Waals surface area (Å²) in [5.41, 5.74) is -0.115. The number of carbonyl (C=O) groups is 5. The second-order valence-electron chi connectivity index (χ2n) is 9.97. The Hall–Kier alpha value is -4.97. The molecule has 2 aliphatic carbocycles. The van der Waals surface area contributed by atoms with Crippen LogP contribution in [0.4, 0.5) is 5.69 Å². The number of ether oxygens (including phenoxy) is 1. The number of ketones is 1. The lowest BCUT2D eigenvalue weighted by molar-refractivity contribution is -0.384. The van der Waals surface area contributed by atoms with Crippen molar-refractivity contribution in [1.82, 2.24) is 10.0 Å². The molecule has 0 N–H and O–H groups in total. The Morgan fingerprint density at radius 1 is 0.927 bits per heavy atom. The van der Waals surface area contributed by atoms with Gasteiger partial charge in [-0.15, -0.1) is 11.3 Å². The molecule has 1 saturated heterocycles. The number of amides is 3. The van der Waals surface area contributed by atoms with Gasteiger partial charge < -0.3 is 4.74 Å². The fourth-order valence-corrected chi connectivity index (χ4v) is 6.32. The van der Waals surface area contributed by atoms with Gasteiger partial charge in [-0.05, 0) is 66.1 Å². The minimum atomic E-state index is -0.822. The van der Waals surface area contributed by atoms with E-state index in [-0.39, 0.29) is 34.4 Å². The van der Waals surface area contributed by atoms with Crippen molar-refractivity contribution in [3.63, 3.8) is 0 Å². The second kappa shape index (κ2) is 10.2. The molecule has 1 saturated carbocycles.